The Bertz CT molecular complexity index is 774. The van der Waals surface area contributed by atoms with E-state index < -0.39 is 6.61 Å². The van der Waals surface area contributed by atoms with Gasteiger partial charge in [0.25, 0.3) is 0 Å². The van der Waals surface area contributed by atoms with Gasteiger partial charge in [-0.1, -0.05) is 65.8 Å². The van der Waals surface area contributed by atoms with Crippen LogP contribution in [0.1, 0.15) is 63.2 Å². The van der Waals surface area contributed by atoms with Gasteiger partial charge in [-0.2, -0.15) is 0 Å². The van der Waals surface area contributed by atoms with E-state index in [4.69, 9.17) is 11.7 Å². The molecule has 0 unspecified atom stereocenters. The molecule has 26 heavy (non-hydrogen) atoms. The van der Waals surface area contributed by atoms with E-state index in [1.807, 2.05) is 30.3 Å². The lowest BCUT2D eigenvalue weighted by atomic mass is 9.87. The van der Waals surface area contributed by atoms with Crippen molar-refractivity contribution in [1.82, 2.24) is 4.98 Å². The molecule has 0 aliphatic carbocycles. The standard InChI is InChI=1S/C11H15NO2.C11H13N/c1-11(2,3)8-4-5-12-9(6-8)10(14)7-13;1-11(2,3)9-5-7-10(12-4)8-6-9/h4-6,13H,7H2,1-3H3;5-8H,1-3H3. The molecule has 4 heteroatoms. The highest BCUT2D eigenvalue weighted by Crippen LogP contribution is 2.24. The number of carbonyl (C=O) groups is 1. The topological polar surface area (TPSA) is 54.5 Å². The summed E-state index contributed by atoms with van der Waals surface area (Å²) >= 11 is 0. The molecule has 0 saturated heterocycles. The van der Waals surface area contributed by atoms with E-state index in [0.29, 0.717) is 11.4 Å². The minimum atomic E-state index is -0.486. The predicted molar refractivity (Wildman–Crippen MR) is 106 cm³/mol. The van der Waals surface area contributed by atoms with E-state index in [2.05, 4.69) is 51.4 Å². The summed E-state index contributed by atoms with van der Waals surface area (Å²) in [7, 11) is 0. The van der Waals surface area contributed by atoms with Crippen LogP contribution in [0.3, 0.4) is 0 Å². The molecular weight excluding hydrogens is 324 g/mol. The van der Waals surface area contributed by atoms with Crippen molar-refractivity contribution in [3.63, 3.8) is 0 Å². The maximum Gasteiger partial charge on any atom is 0.206 e. The van der Waals surface area contributed by atoms with E-state index in [1.54, 1.807) is 12.3 Å². The van der Waals surface area contributed by atoms with Crippen molar-refractivity contribution < 1.29 is 9.90 Å². The van der Waals surface area contributed by atoms with Crippen molar-refractivity contribution in [3.05, 3.63) is 70.8 Å². The number of ketones is 1. The Morgan fingerprint density at radius 2 is 1.54 bits per heavy atom. The Morgan fingerprint density at radius 1 is 1.00 bits per heavy atom. The normalized spacial score (nSPS) is 11.2. The van der Waals surface area contributed by atoms with Gasteiger partial charge in [-0.15, -0.1) is 0 Å². The second-order valence-corrected chi connectivity index (χ2v) is 8.17. The van der Waals surface area contributed by atoms with E-state index in [0.717, 1.165) is 5.56 Å². The Kier molecular flexibility index (Phi) is 7.23. The number of rotatable bonds is 2. The molecule has 0 aliphatic heterocycles. The molecule has 2 aromatic rings. The van der Waals surface area contributed by atoms with Crippen LogP contribution < -0.4 is 0 Å². The third kappa shape index (κ3) is 6.42. The number of nitrogens with zero attached hydrogens (tertiary/aromatic N) is 2. The smallest absolute Gasteiger partial charge is 0.206 e. The van der Waals surface area contributed by atoms with E-state index in [9.17, 15) is 4.79 Å². The molecule has 0 fully saturated rings. The van der Waals surface area contributed by atoms with Crippen molar-refractivity contribution in [2.24, 2.45) is 0 Å². The monoisotopic (exact) mass is 352 g/mol. The lowest BCUT2D eigenvalue weighted by molar-refractivity contribution is 0.0898. The Balaban J connectivity index is 0.000000263. The zero-order chi connectivity index (χ0) is 20.0. The van der Waals surface area contributed by atoms with E-state index in [-0.39, 0.29) is 16.6 Å². The summed E-state index contributed by atoms with van der Waals surface area (Å²) in [5.74, 6) is -0.337. The van der Waals surface area contributed by atoms with Crippen molar-refractivity contribution in [1.29, 1.82) is 0 Å². The number of aromatic nitrogens is 1. The molecule has 1 heterocycles. The minimum absolute atomic E-state index is 0.00652. The lowest BCUT2D eigenvalue weighted by Gasteiger charge is -2.18. The molecule has 0 aliphatic rings. The molecule has 0 amide bonds. The number of hydrogen-bond donors (Lipinski definition) is 1. The highest BCUT2D eigenvalue weighted by Gasteiger charge is 2.16. The zero-order valence-corrected chi connectivity index (χ0v) is 16.5. The average molecular weight is 352 g/mol. The first-order valence-electron chi connectivity index (χ1n) is 8.57. The summed E-state index contributed by atoms with van der Waals surface area (Å²) in [5.41, 5.74) is 3.54. The minimum Gasteiger partial charge on any atom is -0.388 e. The second-order valence-electron chi connectivity index (χ2n) is 8.17. The fourth-order valence-corrected chi connectivity index (χ4v) is 2.17. The van der Waals surface area contributed by atoms with Crippen molar-refractivity contribution in [2.45, 2.75) is 52.4 Å². The largest absolute Gasteiger partial charge is 0.388 e. The first-order chi connectivity index (χ1) is 12.0. The summed E-state index contributed by atoms with van der Waals surface area (Å²) < 4.78 is 0. The quantitative estimate of drug-likeness (QED) is 0.605. The number of Topliss-reactive ketones (excluding diaryl/α,β-unsaturated/α-hetero) is 1. The van der Waals surface area contributed by atoms with Gasteiger partial charge in [0.1, 0.15) is 12.3 Å². The number of hydrogen-bond acceptors (Lipinski definition) is 3. The van der Waals surface area contributed by atoms with Gasteiger partial charge >= 0.3 is 0 Å². The average Bonchev–Trinajstić information content (AvgIpc) is 2.60. The van der Waals surface area contributed by atoms with Gasteiger partial charge in [0, 0.05) is 6.20 Å². The summed E-state index contributed by atoms with van der Waals surface area (Å²) in [6.45, 7) is 19.0. The summed E-state index contributed by atoms with van der Waals surface area (Å²) in [6.07, 6.45) is 1.60. The molecule has 0 bridgehead atoms. The third-order valence-electron chi connectivity index (χ3n) is 3.92. The molecule has 138 valence electrons. The van der Waals surface area contributed by atoms with E-state index in [1.165, 1.54) is 5.56 Å². The Labute approximate surface area is 156 Å². The number of aliphatic hydroxyl groups is 1. The van der Waals surface area contributed by atoms with Gasteiger partial charge < -0.3 is 5.11 Å². The predicted octanol–water partition coefficient (Wildman–Crippen LogP) is 5.09. The number of pyridine rings is 1. The fourth-order valence-electron chi connectivity index (χ4n) is 2.17. The van der Waals surface area contributed by atoms with E-state index >= 15 is 0 Å². The maximum absolute atomic E-state index is 11.2. The molecule has 1 N–H and O–H groups in total. The molecule has 2 rings (SSSR count). The van der Waals surface area contributed by atoms with Crippen LogP contribution in [0, 0.1) is 6.57 Å². The zero-order valence-electron chi connectivity index (χ0n) is 16.5. The van der Waals surface area contributed by atoms with Crippen LogP contribution in [0.5, 0.6) is 0 Å². The van der Waals surface area contributed by atoms with Crippen LogP contribution in [0.15, 0.2) is 42.6 Å². The molecule has 1 aromatic heterocycles. The SMILES string of the molecule is CC(C)(C)c1ccnc(C(=O)CO)c1.[C-]#[N+]c1ccc(C(C)(C)C)cc1. The van der Waals surface area contributed by atoms with Crippen LogP contribution in [0.4, 0.5) is 5.69 Å². The van der Waals surface area contributed by atoms with Crippen molar-refractivity contribution in [3.8, 4) is 0 Å². The Morgan fingerprint density at radius 3 is 1.96 bits per heavy atom. The third-order valence-corrected chi connectivity index (χ3v) is 3.92. The maximum atomic E-state index is 11.2. The van der Waals surface area contributed by atoms with Gasteiger partial charge in [0.2, 0.25) is 5.78 Å². The lowest BCUT2D eigenvalue weighted by Crippen LogP contribution is -2.14. The van der Waals surface area contributed by atoms with Gasteiger partial charge in [-0.3, -0.25) is 9.78 Å². The second kappa shape index (κ2) is 8.73. The Hall–Kier alpha value is -2.51. The summed E-state index contributed by atoms with van der Waals surface area (Å²) in [5, 5.41) is 8.69. The van der Waals surface area contributed by atoms with Crippen LogP contribution in [0.2, 0.25) is 0 Å². The highest BCUT2D eigenvalue weighted by atomic mass is 16.3. The van der Waals surface area contributed by atoms with Crippen molar-refractivity contribution in [2.75, 3.05) is 6.61 Å². The van der Waals surface area contributed by atoms with Gasteiger partial charge in [0.15, 0.2) is 5.69 Å². The molecule has 0 radical (unpaired) electrons. The van der Waals surface area contributed by atoms with Crippen molar-refractivity contribution >= 4 is 11.5 Å². The molecule has 0 atom stereocenters. The van der Waals surface area contributed by atoms with Crippen LogP contribution in [-0.2, 0) is 10.8 Å². The van der Waals surface area contributed by atoms with Crippen LogP contribution >= 0.6 is 0 Å². The fraction of sp³-hybridized carbons (Fsp3) is 0.409. The molecule has 0 spiro atoms. The van der Waals surface area contributed by atoms with Crippen LogP contribution in [-0.4, -0.2) is 22.5 Å². The number of aliphatic hydroxyl groups excluding tert-OH is 1. The molecule has 1 aromatic carbocycles. The number of carbonyl (C=O) groups excluding carboxylic acids is 1. The molecule has 0 saturated carbocycles. The first kappa shape index (κ1) is 21.5. The summed E-state index contributed by atoms with van der Waals surface area (Å²) in [6, 6.07) is 11.4. The number of benzene rings is 1. The van der Waals surface area contributed by atoms with Crippen LogP contribution in [0.25, 0.3) is 4.85 Å². The highest BCUT2D eigenvalue weighted by molar-refractivity contribution is 5.95. The van der Waals surface area contributed by atoms with Gasteiger partial charge in [-0.25, -0.2) is 4.85 Å². The summed E-state index contributed by atoms with van der Waals surface area (Å²) in [4.78, 5) is 18.4. The molecular formula is C22H28N2O2. The van der Waals surface area contributed by atoms with Gasteiger partial charge in [0.05, 0.1) is 6.57 Å². The van der Waals surface area contributed by atoms with Gasteiger partial charge in [-0.05, 0) is 34.1 Å². The first-order valence-corrected chi connectivity index (χ1v) is 8.57. The molecule has 4 nitrogen and oxygen atoms in total.